The molecule has 0 rings (SSSR count). The van der Waals surface area contributed by atoms with E-state index in [0.717, 1.165) is 103 Å². The number of unbranched alkanes of at least 4 members (excludes halogenated alkanes) is 28. The molecule has 0 bridgehead atoms. The van der Waals surface area contributed by atoms with Crippen LogP contribution in [0.3, 0.4) is 0 Å². The highest BCUT2D eigenvalue weighted by molar-refractivity contribution is 5.77. The summed E-state index contributed by atoms with van der Waals surface area (Å²) in [5, 5.41) is 23.8. The first-order valence-electron chi connectivity index (χ1n) is 27.5. The summed E-state index contributed by atoms with van der Waals surface area (Å²) < 4.78 is 5.94. The van der Waals surface area contributed by atoms with Crippen molar-refractivity contribution in [3.05, 3.63) is 60.8 Å². The molecule has 6 heteroatoms. The van der Waals surface area contributed by atoms with E-state index in [2.05, 4.69) is 86.8 Å². The maximum atomic E-state index is 13.2. The summed E-state index contributed by atoms with van der Waals surface area (Å²) in [5.41, 5.74) is 0. The third-order valence-electron chi connectivity index (χ3n) is 12.3. The lowest BCUT2D eigenvalue weighted by atomic mass is 10.0. The highest BCUT2D eigenvalue weighted by atomic mass is 16.5. The Balaban J connectivity index is 4.64. The smallest absolute Gasteiger partial charge is 0.306 e. The largest absolute Gasteiger partial charge is 0.462 e. The minimum Gasteiger partial charge on any atom is -0.462 e. The van der Waals surface area contributed by atoms with Crippen LogP contribution >= 0.6 is 0 Å². The van der Waals surface area contributed by atoms with Gasteiger partial charge in [-0.15, -0.1) is 0 Å². The van der Waals surface area contributed by atoms with E-state index in [1.807, 2.05) is 0 Å². The highest BCUT2D eigenvalue weighted by Crippen LogP contribution is 2.17. The van der Waals surface area contributed by atoms with E-state index in [1.165, 1.54) is 122 Å². The van der Waals surface area contributed by atoms with Crippen LogP contribution < -0.4 is 5.32 Å². The minimum atomic E-state index is -0.797. The van der Waals surface area contributed by atoms with E-state index in [9.17, 15) is 19.8 Å². The summed E-state index contributed by atoms with van der Waals surface area (Å²) in [7, 11) is 0. The van der Waals surface area contributed by atoms with Crippen molar-refractivity contribution >= 4 is 11.9 Å². The van der Waals surface area contributed by atoms with Gasteiger partial charge >= 0.3 is 5.97 Å². The van der Waals surface area contributed by atoms with E-state index >= 15 is 0 Å². The monoisotopic (exact) mass is 896 g/mol. The quantitative estimate of drug-likeness (QED) is 0.0245. The number of nitrogens with one attached hydrogen (secondary N) is 1. The van der Waals surface area contributed by atoms with Gasteiger partial charge in [0.25, 0.3) is 0 Å². The minimum absolute atomic E-state index is 0.0555. The van der Waals surface area contributed by atoms with Crippen molar-refractivity contribution in [2.24, 2.45) is 0 Å². The Hall–Kier alpha value is -2.44. The SMILES string of the molecule is CCCCC/C=C\C/C=C\C/C=C\CCCCCCC(CC(=O)NC(CO)C(O)CCCCCCCCCCCC)OC(=O)CCCCCCC/C=C/C=C/CCCCCCCCC. The summed E-state index contributed by atoms with van der Waals surface area (Å²) in [6.07, 6.45) is 64.2. The number of carbonyl (C=O) groups is 2. The van der Waals surface area contributed by atoms with Crippen LogP contribution in [0.25, 0.3) is 0 Å². The molecule has 0 saturated carbocycles. The molecule has 3 atom stereocenters. The van der Waals surface area contributed by atoms with Gasteiger partial charge in [-0.2, -0.15) is 0 Å². The first-order valence-corrected chi connectivity index (χ1v) is 27.5. The van der Waals surface area contributed by atoms with Gasteiger partial charge in [-0.1, -0.05) is 229 Å². The normalized spacial score (nSPS) is 13.6. The molecule has 0 aliphatic rings. The number of ether oxygens (including phenoxy) is 1. The molecule has 1 amide bonds. The number of amides is 1. The first-order chi connectivity index (χ1) is 31.5. The molecule has 372 valence electrons. The third-order valence-corrected chi connectivity index (χ3v) is 12.3. The maximum Gasteiger partial charge on any atom is 0.306 e. The molecule has 6 nitrogen and oxygen atoms in total. The standard InChI is InChI=1S/C58H105NO5/c1-4-7-10-13-16-19-22-24-26-28-30-32-34-36-39-42-45-48-51-58(63)64-54(49-46-43-40-37-35-33-31-29-27-25-23-20-17-14-11-8-5-2)52-57(62)59-55(53-60)56(61)50-47-44-41-38-21-18-15-12-9-6-3/h17,20,25-28,30-33,54-56,60-61H,4-16,18-19,21-24,29,34-53H2,1-3H3,(H,59,62)/b20-17-,27-25-,28-26+,32-30+,33-31-. The van der Waals surface area contributed by atoms with Gasteiger partial charge in [0.1, 0.15) is 6.10 Å². The van der Waals surface area contributed by atoms with Gasteiger partial charge < -0.3 is 20.3 Å². The van der Waals surface area contributed by atoms with Crippen molar-refractivity contribution in [2.45, 2.75) is 289 Å². The molecule has 3 unspecified atom stereocenters. The van der Waals surface area contributed by atoms with Crippen molar-refractivity contribution in [3.8, 4) is 0 Å². The van der Waals surface area contributed by atoms with Crippen LogP contribution in [0.15, 0.2) is 60.8 Å². The predicted octanol–water partition coefficient (Wildman–Crippen LogP) is 16.8. The average Bonchev–Trinajstić information content (AvgIpc) is 3.29. The van der Waals surface area contributed by atoms with Crippen molar-refractivity contribution in [1.29, 1.82) is 0 Å². The van der Waals surface area contributed by atoms with E-state index in [1.54, 1.807) is 0 Å². The zero-order chi connectivity index (χ0) is 46.7. The Bertz CT molecular complexity index is 1140. The van der Waals surface area contributed by atoms with Crippen LogP contribution in [0, 0.1) is 0 Å². The van der Waals surface area contributed by atoms with E-state index in [-0.39, 0.29) is 24.9 Å². The van der Waals surface area contributed by atoms with E-state index in [4.69, 9.17) is 4.74 Å². The molecule has 0 aromatic carbocycles. The van der Waals surface area contributed by atoms with Gasteiger partial charge in [-0.25, -0.2) is 0 Å². The first kappa shape index (κ1) is 61.6. The van der Waals surface area contributed by atoms with Crippen molar-refractivity contribution < 1.29 is 24.5 Å². The third kappa shape index (κ3) is 46.1. The number of hydrogen-bond acceptors (Lipinski definition) is 5. The molecule has 0 heterocycles. The lowest BCUT2D eigenvalue weighted by Crippen LogP contribution is -2.46. The lowest BCUT2D eigenvalue weighted by Gasteiger charge is -2.24. The number of aliphatic hydroxyl groups excluding tert-OH is 2. The van der Waals surface area contributed by atoms with Gasteiger partial charge in [-0.05, 0) is 89.9 Å². The van der Waals surface area contributed by atoms with Gasteiger partial charge in [0.2, 0.25) is 5.91 Å². The Kier molecular flexibility index (Phi) is 49.6. The molecule has 3 N–H and O–H groups in total. The summed E-state index contributed by atoms with van der Waals surface area (Å²) in [4.78, 5) is 26.2. The molecule has 0 fully saturated rings. The summed E-state index contributed by atoms with van der Waals surface area (Å²) >= 11 is 0. The molecular weight excluding hydrogens is 791 g/mol. The number of esters is 1. The van der Waals surface area contributed by atoms with Crippen LogP contribution in [0.4, 0.5) is 0 Å². The summed E-state index contributed by atoms with van der Waals surface area (Å²) in [6, 6.07) is -0.713. The Morgan fingerprint density at radius 2 is 0.844 bits per heavy atom. The van der Waals surface area contributed by atoms with Crippen LogP contribution in [-0.4, -0.2) is 46.9 Å². The number of allylic oxidation sites excluding steroid dienone is 10. The van der Waals surface area contributed by atoms with Gasteiger partial charge in [0, 0.05) is 6.42 Å². The highest BCUT2D eigenvalue weighted by Gasteiger charge is 2.24. The molecule has 0 radical (unpaired) electrons. The molecule has 0 aliphatic carbocycles. The second-order valence-corrected chi connectivity index (χ2v) is 18.7. The Labute approximate surface area is 397 Å². The Morgan fingerprint density at radius 3 is 1.33 bits per heavy atom. The second kappa shape index (κ2) is 51.5. The molecule has 0 aliphatic heterocycles. The van der Waals surface area contributed by atoms with Crippen LogP contribution in [-0.2, 0) is 14.3 Å². The zero-order valence-corrected chi connectivity index (χ0v) is 42.4. The fourth-order valence-electron chi connectivity index (χ4n) is 8.13. The molecule has 64 heavy (non-hydrogen) atoms. The fraction of sp³-hybridized carbons (Fsp3) is 0.793. The molecule has 0 saturated heterocycles. The van der Waals surface area contributed by atoms with E-state index in [0.29, 0.717) is 19.3 Å². The fourth-order valence-corrected chi connectivity index (χ4v) is 8.13. The predicted molar refractivity (Wildman–Crippen MR) is 278 cm³/mol. The molecule has 0 aromatic heterocycles. The Morgan fingerprint density at radius 1 is 0.469 bits per heavy atom. The summed E-state index contributed by atoms with van der Waals surface area (Å²) in [6.45, 7) is 6.44. The second-order valence-electron chi connectivity index (χ2n) is 18.7. The zero-order valence-electron chi connectivity index (χ0n) is 42.4. The molecule has 0 aromatic rings. The number of hydrogen-bond donors (Lipinski definition) is 3. The van der Waals surface area contributed by atoms with E-state index < -0.39 is 18.2 Å². The topological polar surface area (TPSA) is 95.9 Å². The van der Waals surface area contributed by atoms with Crippen LogP contribution in [0.1, 0.15) is 271 Å². The average molecular weight is 896 g/mol. The number of aliphatic hydroxyl groups is 2. The van der Waals surface area contributed by atoms with Gasteiger partial charge in [-0.3, -0.25) is 9.59 Å². The number of carbonyl (C=O) groups excluding carboxylic acids is 2. The van der Waals surface area contributed by atoms with Crippen LogP contribution in [0.5, 0.6) is 0 Å². The summed E-state index contributed by atoms with van der Waals surface area (Å²) in [5.74, 6) is -0.509. The van der Waals surface area contributed by atoms with Crippen molar-refractivity contribution in [1.82, 2.24) is 5.32 Å². The van der Waals surface area contributed by atoms with Crippen molar-refractivity contribution in [2.75, 3.05) is 6.61 Å². The van der Waals surface area contributed by atoms with Crippen LogP contribution in [0.2, 0.25) is 0 Å². The lowest BCUT2D eigenvalue weighted by molar-refractivity contribution is -0.151. The molecule has 0 spiro atoms. The molecular formula is C58H105NO5. The van der Waals surface area contributed by atoms with Crippen molar-refractivity contribution in [3.63, 3.8) is 0 Å². The maximum absolute atomic E-state index is 13.2. The van der Waals surface area contributed by atoms with Gasteiger partial charge in [0.15, 0.2) is 0 Å². The number of rotatable bonds is 49. The van der Waals surface area contributed by atoms with Gasteiger partial charge in [0.05, 0.1) is 25.2 Å².